The maximum Gasteiger partial charge on any atom is 0.407 e. The second-order valence-corrected chi connectivity index (χ2v) is 9.93. The predicted octanol–water partition coefficient (Wildman–Crippen LogP) is 4.70. The summed E-state index contributed by atoms with van der Waals surface area (Å²) in [7, 11) is 0. The van der Waals surface area contributed by atoms with Crippen LogP contribution in [0.3, 0.4) is 0 Å². The van der Waals surface area contributed by atoms with Crippen LogP contribution in [0.4, 0.5) is 4.79 Å². The standard InChI is InChI=1S/C28H34N2O5/c1-17(2)25(15-26(31)29-24-14-8-7-13-22(24)27(32)33)30-28(34)35-16-23-20-11-5-3-9-18(20)19-10-4-6-12-21(19)23/h3-6,9-12,17,22-25H,7-8,13-16H2,1-2H3,(H,29,31)(H,30,34)(H,32,33)/t22-,24+,25+/m0/s1. The molecular weight excluding hydrogens is 444 g/mol. The van der Waals surface area contributed by atoms with Gasteiger partial charge in [-0.2, -0.15) is 0 Å². The Labute approximate surface area is 206 Å². The molecule has 1 saturated carbocycles. The van der Waals surface area contributed by atoms with Crippen molar-refractivity contribution in [3.8, 4) is 11.1 Å². The lowest BCUT2D eigenvalue weighted by molar-refractivity contribution is -0.144. The summed E-state index contributed by atoms with van der Waals surface area (Å²) in [6.45, 7) is 4.07. The lowest BCUT2D eigenvalue weighted by Crippen LogP contribution is -2.48. The maximum absolute atomic E-state index is 12.7. The molecule has 0 saturated heterocycles. The smallest absolute Gasteiger partial charge is 0.407 e. The average Bonchev–Trinajstić information content (AvgIpc) is 3.16. The zero-order valence-electron chi connectivity index (χ0n) is 20.3. The lowest BCUT2D eigenvalue weighted by Gasteiger charge is -2.30. The Morgan fingerprint density at radius 1 is 0.971 bits per heavy atom. The highest BCUT2D eigenvalue weighted by Gasteiger charge is 2.33. The molecule has 3 atom stereocenters. The topological polar surface area (TPSA) is 105 Å². The molecule has 7 heteroatoms. The Morgan fingerprint density at radius 3 is 2.17 bits per heavy atom. The number of hydrogen-bond donors (Lipinski definition) is 3. The molecule has 0 bridgehead atoms. The third-order valence-corrected chi connectivity index (χ3v) is 7.29. The van der Waals surface area contributed by atoms with E-state index in [-0.39, 0.29) is 36.8 Å². The molecule has 0 radical (unpaired) electrons. The minimum absolute atomic E-state index is 0.00265. The SMILES string of the molecule is CC(C)[C@@H](CC(=O)N[C@@H]1CCCC[C@@H]1C(=O)O)NC(=O)OCC1c2ccccc2-c2ccccc21. The van der Waals surface area contributed by atoms with Crippen LogP contribution in [0.15, 0.2) is 48.5 Å². The van der Waals surface area contributed by atoms with E-state index in [2.05, 4.69) is 34.9 Å². The fourth-order valence-electron chi connectivity index (χ4n) is 5.31. The second-order valence-electron chi connectivity index (χ2n) is 9.93. The summed E-state index contributed by atoms with van der Waals surface area (Å²) in [4.78, 5) is 37.0. The maximum atomic E-state index is 12.7. The Bertz CT molecular complexity index is 1040. The van der Waals surface area contributed by atoms with Gasteiger partial charge in [0.05, 0.1) is 5.92 Å². The molecule has 3 N–H and O–H groups in total. The van der Waals surface area contributed by atoms with Gasteiger partial charge in [-0.15, -0.1) is 0 Å². The first-order valence-electron chi connectivity index (χ1n) is 12.5. The van der Waals surface area contributed by atoms with Crippen molar-refractivity contribution in [3.05, 3.63) is 59.7 Å². The molecular formula is C28H34N2O5. The van der Waals surface area contributed by atoms with E-state index in [9.17, 15) is 19.5 Å². The minimum Gasteiger partial charge on any atom is -0.481 e. The number of carbonyl (C=O) groups is 3. The van der Waals surface area contributed by atoms with Crippen molar-refractivity contribution < 1.29 is 24.2 Å². The normalized spacial score (nSPS) is 20.0. The summed E-state index contributed by atoms with van der Waals surface area (Å²) in [6, 6.07) is 15.5. The largest absolute Gasteiger partial charge is 0.481 e. The monoisotopic (exact) mass is 478 g/mol. The van der Waals surface area contributed by atoms with Gasteiger partial charge in [0.15, 0.2) is 0 Å². The van der Waals surface area contributed by atoms with Crippen molar-refractivity contribution in [1.82, 2.24) is 10.6 Å². The summed E-state index contributed by atoms with van der Waals surface area (Å²) >= 11 is 0. The van der Waals surface area contributed by atoms with Gasteiger partial charge in [-0.3, -0.25) is 9.59 Å². The molecule has 186 valence electrons. The van der Waals surface area contributed by atoms with Crippen molar-refractivity contribution in [1.29, 1.82) is 0 Å². The molecule has 2 aliphatic carbocycles. The second kappa shape index (κ2) is 10.9. The number of rotatable bonds is 8. The molecule has 2 aromatic carbocycles. The van der Waals surface area contributed by atoms with Gasteiger partial charge < -0.3 is 20.5 Å². The number of carboxylic acids is 1. The summed E-state index contributed by atoms with van der Waals surface area (Å²) in [6.07, 6.45) is 2.52. The Kier molecular flexibility index (Phi) is 7.73. The van der Waals surface area contributed by atoms with Gasteiger partial charge in [-0.05, 0) is 41.0 Å². The zero-order valence-corrected chi connectivity index (χ0v) is 20.3. The first kappa shape index (κ1) is 24.8. The number of benzene rings is 2. The van der Waals surface area contributed by atoms with Gasteiger partial charge in [0.1, 0.15) is 6.61 Å². The first-order valence-corrected chi connectivity index (χ1v) is 12.5. The summed E-state index contributed by atoms with van der Waals surface area (Å²) in [5.74, 6) is -1.70. The van der Waals surface area contributed by atoms with E-state index in [0.29, 0.717) is 12.8 Å². The van der Waals surface area contributed by atoms with Crippen LogP contribution in [0.2, 0.25) is 0 Å². The average molecular weight is 479 g/mol. The molecule has 4 rings (SSSR count). The highest BCUT2D eigenvalue weighted by Crippen LogP contribution is 2.44. The van der Waals surface area contributed by atoms with Crippen LogP contribution in [-0.4, -0.2) is 41.8 Å². The molecule has 0 unspecified atom stereocenters. The number of aliphatic carboxylic acids is 1. The first-order chi connectivity index (χ1) is 16.8. The molecule has 35 heavy (non-hydrogen) atoms. The van der Waals surface area contributed by atoms with Gasteiger partial charge in [0.2, 0.25) is 5.91 Å². The molecule has 7 nitrogen and oxygen atoms in total. The van der Waals surface area contributed by atoms with E-state index in [1.54, 1.807) is 0 Å². The van der Waals surface area contributed by atoms with Gasteiger partial charge in [-0.25, -0.2) is 4.79 Å². The molecule has 0 aliphatic heterocycles. The summed E-state index contributed by atoms with van der Waals surface area (Å²) < 4.78 is 5.64. The number of hydrogen-bond acceptors (Lipinski definition) is 4. The van der Waals surface area contributed by atoms with Crippen LogP contribution in [0, 0.1) is 11.8 Å². The Balaban J connectivity index is 1.34. The Hall–Kier alpha value is -3.35. The van der Waals surface area contributed by atoms with Crippen molar-refractivity contribution in [2.24, 2.45) is 11.8 Å². The molecule has 1 fully saturated rings. The number of nitrogens with one attached hydrogen (secondary N) is 2. The van der Waals surface area contributed by atoms with Gasteiger partial charge >= 0.3 is 12.1 Å². The minimum atomic E-state index is -0.868. The lowest BCUT2D eigenvalue weighted by atomic mass is 9.84. The molecule has 0 heterocycles. The van der Waals surface area contributed by atoms with Crippen LogP contribution in [0.1, 0.15) is 63.0 Å². The van der Waals surface area contributed by atoms with Gasteiger partial charge in [-0.1, -0.05) is 75.2 Å². The third kappa shape index (κ3) is 5.66. The van der Waals surface area contributed by atoms with Crippen molar-refractivity contribution in [3.63, 3.8) is 0 Å². The van der Waals surface area contributed by atoms with Crippen molar-refractivity contribution in [2.45, 2.75) is 64.0 Å². The van der Waals surface area contributed by atoms with E-state index in [1.807, 2.05) is 38.1 Å². The van der Waals surface area contributed by atoms with Gasteiger partial charge in [0.25, 0.3) is 0 Å². The predicted molar refractivity (Wildman–Crippen MR) is 133 cm³/mol. The summed E-state index contributed by atoms with van der Waals surface area (Å²) in [5, 5.41) is 15.2. The quantitative estimate of drug-likeness (QED) is 0.510. The third-order valence-electron chi connectivity index (χ3n) is 7.29. The van der Waals surface area contributed by atoms with Crippen LogP contribution in [0.5, 0.6) is 0 Å². The summed E-state index contributed by atoms with van der Waals surface area (Å²) in [5.41, 5.74) is 4.61. The van der Waals surface area contributed by atoms with Crippen LogP contribution in [0.25, 0.3) is 11.1 Å². The number of carboxylic acid groups (broad SMARTS) is 1. The van der Waals surface area contributed by atoms with E-state index in [0.717, 1.165) is 35.1 Å². The van der Waals surface area contributed by atoms with Crippen LogP contribution < -0.4 is 10.6 Å². The Morgan fingerprint density at radius 2 is 1.57 bits per heavy atom. The van der Waals surface area contributed by atoms with Gasteiger partial charge in [0, 0.05) is 24.4 Å². The van der Waals surface area contributed by atoms with Crippen LogP contribution in [-0.2, 0) is 14.3 Å². The molecule has 2 aliphatic rings. The number of amides is 2. The highest BCUT2D eigenvalue weighted by molar-refractivity contribution is 5.80. The molecule has 2 aromatic rings. The number of fused-ring (bicyclic) bond motifs is 3. The fraction of sp³-hybridized carbons (Fsp3) is 0.464. The fourth-order valence-corrected chi connectivity index (χ4v) is 5.31. The molecule has 0 aromatic heterocycles. The number of ether oxygens (including phenoxy) is 1. The van der Waals surface area contributed by atoms with E-state index >= 15 is 0 Å². The highest BCUT2D eigenvalue weighted by atomic mass is 16.5. The van der Waals surface area contributed by atoms with Crippen LogP contribution >= 0.6 is 0 Å². The van der Waals surface area contributed by atoms with Crippen molar-refractivity contribution in [2.75, 3.05) is 6.61 Å². The number of alkyl carbamates (subject to hydrolysis) is 1. The van der Waals surface area contributed by atoms with E-state index < -0.39 is 24.0 Å². The van der Waals surface area contributed by atoms with E-state index in [1.165, 1.54) is 0 Å². The zero-order chi connectivity index (χ0) is 24.9. The number of carbonyl (C=O) groups excluding carboxylic acids is 2. The molecule has 2 amide bonds. The molecule has 0 spiro atoms. The van der Waals surface area contributed by atoms with E-state index in [4.69, 9.17) is 4.74 Å². The van der Waals surface area contributed by atoms with Crippen molar-refractivity contribution >= 4 is 18.0 Å².